The van der Waals surface area contributed by atoms with Gasteiger partial charge in [-0.2, -0.15) is 0 Å². The number of pyridine rings is 1. The maximum Gasteiger partial charge on any atom is 0.213 e. The zero-order chi connectivity index (χ0) is 18.9. The molecule has 2 aromatic rings. The average Bonchev–Trinajstić information content (AvgIpc) is 3.32. The van der Waals surface area contributed by atoms with Gasteiger partial charge in [0, 0.05) is 37.2 Å². The Kier molecular flexibility index (Phi) is 7.45. The molecule has 0 atom stereocenters. The molecule has 27 heavy (non-hydrogen) atoms. The highest BCUT2D eigenvalue weighted by Crippen LogP contribution is 2.23. The van der Waals surface area contributed by atoms with Crippen molar-refractivity contribution in [1.82, 2.24) is 20.6 Å². The van der Waals surface area contributed by atoms with Crippen molar-refractivity contribution < 1.29 is 4.74 Å². The van der Waals surface area contributed by atoms with Crippen LogP contribution in [0.15, 0.2) is 28.7 Å². The zero-order valence-electron chi connectivity index (χ0n) is 16.2. The van der Waals surface area contributed by atoms with Gasteiger partial charge in [-0.3, -0.25) is 0 Å². The fourth-order valence-corrected chi connectivity index (χ4v) is 3.78. The van der Waals surface area contributed by atoms with Gasteiger partial charge in [-0.15, -0.1) is 11.3 Å². The van der Waals surface area contributed by atoms with Crippen LogP contribution in [0.4, 0.5) is 0 Å². The molecule has 0 saturated heterocycles. The van der Waals surface area contributed by atoms with Crippen molar-refractivity contribution in [2.24, 2.45) is 4.99 Å². The smallest absolute Gasteiger partial charge is 0.213 e. The average molecular weight is 388 g/mol. The molecule has 1 aliphatic carbocycles. The van der Waals surface area contributed by atoms with Crippen molar-refractivity contribution in [2.45, 2.75) is 58.6 Å². The summed E-state index contributed by atoms with van der Waals surface area (Å²) >= 11 is 1.69. The van der Waals surface area contributed by atoms with Gasteiger partial charge in [0.2, 0.25) is 5.88 Å². The summed E-state index contributed by atoms with van der Waals surface area (Å²) in [6.45, 7) is 6.33. The number of thiazole rings is 1. The maximum atomic E-state index is 5.99. The molecule has 0 aliphatic heterocycles. The van der Waals surface area contributed by atoms with E-state index in [9.17, 15) is 0 Å². The summed E-state index contributed by atoms with van der Waals surface area (Å²) < 4.78 is 5.99. The van der Waals surface area contributed by atoms with Crippen molar-refractivity contribution >= 4 is 17.3 Å². The number of hydrogen-bond donors (Lipinski definition) is 2. The second-order valence-electron chi connectivity index (χ2n) is 6.76. The Hall–Kier alpha value is -2.15. The number of guanidine groups is 1. The van der Waals surface area contributed by atoms with E-state index < -0.39 is 0 Å². The minimum Gasteiger partial charge on any atom is -0.474 e. The molecule has 2 heterocycles. The Morgan fingerprint density at radius 1 is 1.33 bits per heavy atom. The number of aryl methyl sites for hydroxylation is 1. The summed E-state index contributed by atoms with van der Waals surface area (Å²) in [5, 5.41) is 9.90. The molecule has 3 rings (SSSR count). The first-order chi connectivity index (χ1) is 13.2. The van der Waals surface area contributed by atoms with Gasteiger partial charge < -0.3 is 15.4 Å². The number of aliphatic imine (C=N–C) groups is 1. The van der Waals surface area contributed by atoms with E-state index in [-0.39, 0.29) is 0 Å². The predicted molar refractivity (Wildman–Crippen MR) is 110 cm³/mol. The van der Waals surface area contributed by atoms with Crippen molar-refractivity contribution in [3.63, 3.8) is 0 Å². The Bertz CT molecular complexity index is 739. The molecule has 2 aromatic heterocycles. The van der Waals surface area contributed by atoms with E-state index in [0.717, 1.165) is 54.6 Å². The SMILES string of the molecule is CCNC(=NCc1ccnc(OC2CCCC2)c1)NCCc1csc(C)n1. The van der Waals surface area contributed by atoms with Crippen LogP contribution in [0.2, 0.25) is 0 Å². The normalized spacial score (nSPS) is 15.1. The highest BCUT2D eigenvalue weighted by molar-refractivity contribution is 7.09. The summed E-state index contributed by atoms with van der Waals surface area (Å²) in [6, 6.07) is 4.00. The molecule has 0 spiro atoms. The highest BCUT2D eigenvalue weighted by atomic mass is 32.1. The van der Waals surface area contributed by atoms with Gasteiger partial charge in [-0.1, -0.05) is 0 Å². The zero-order valence-corrected chi connectivity index (χ0v) is 17.0. The van der Waals surface area contributed by atoms with Crippen LogP contribution < -0.4 is 15.4 Å². The fraction of sp³-hybridized carbons (Fsp3) is 0.550. The van der Waals surface area contributed by atoms with Gasteiger partial charge in [0.15, 0.2) is 5.96 Å². The molecule has 0 bridgehead atoms. The lowest BCUT2D eigenvalue weighted by Crippen LogP contribution is -2.38. The molecule has 1 aliphatic rings. The lowest BCUT2D eigenvalue weighted by atomic mass is 10.2. The Morgan fingerprint density at radius 2 is 2.19 bits per heavy atom. The summed E-state index contributed by atoms with van der Waals surface area (Å²) in [5.41, 5.74) is 2.23. The van der Waals surface area contributed by atoms with Gasteiger partial charge in [0.25, 0.3) is 0 Å². The largest absolute Gasteiger partial charge is 0.474 e. The van der Waals surface area contributed by atoms with E-state index in [0.29, 0.717) is 18.5 Å². The van der Waals surface area contributed by atoms with Crippen LogP contribution >= 0.6 is 11.3 Å². The summed E-state index contributed by atoms with van der Waals surface area (Å²) in [4.78, 5) is 13.5. The monoisotopic (exact) mass is 387 g/mol. The van der Waals surface area contributed by atoms with E-state index in [1.165, 1.54) is 12.8 Å². The van der Waals surface area contributed by atoms with E-state index in [1.807, 2.05) is 19.1 Å². The first kappa shape index (κ1) is 19.6. The number of rotatable bonds is 8. The van der Waals surface area contributed by atoms with E-state index in [2.05, 4.69) is 37.9 Å². The van der Waals surface area contributed by atoms with Gasteiger partial charge in [0.05, 0.1) is 17.2 Å². The van der Waals surface area contributed by atoms with Crippen LogP contribution in [0.25, 0.3) is 0 Å². The van der Waals surface area contributed by atoms with E-state index in [4.69, 9.17) is 4.74 Å². The third-order valence-corrected chi connectivity index (χ3v) is 5.32. The highest BCUT2D eigenvalue weighted by Gasteiger charge is 2.17. The summed E-state index contributed by atoms with van der Waals surface area (Å²) in [5.74, 6) is 1.53. The molecule has 0 unspecified atom stereocenters. The minimum atomic E-state index is 0.324. The summed E-state index contributed by atoms with van der Waals surface area (Å²) in [7, 11) is 0. The first-order valence-electron chi connectivity index (χ1n) is 9.77. The molecule has 0 amide bonds. The third-order valence-electron chi connectivity index (χ3n) is 4.49. The molecule has 6 nitrogen and oxygen atoms in total. The van der Waals surface area contributed by atoms with Crippen LogP contribution in [0, 0.1) is 6.92 Å². The van der Waals surface area contributed by atoms with Gasteiger partial charge >= 0.3 is 0 Å². The lowest BCUT2D eigenvalue weighted by Gasteiger charge is -2.13. The first-order valence-corrected chi connectivity index (χ1v) is 10.7. The van der Waals surface area contributed by atoms with Gasteiger partial charge in [-0.25, -0.2) is 15.0 Å². The van der Waals surface area contributed by atoms with Crippen LogP contribution in [0.1, 0.15) is 48.9 Å². The molecule has 7 heteroatoms. The molecule has 2 N–H and O–H groups in total. The number of hydrogen-bond acceptors (Lipinski definition) is 5. The number of nitrogens with zero attached hydrogens (tertiary/aromatic N) is 3. The molecular weight excluding hydrogens is 358 g/mol. The third kappa shape index (κ3) is 6.50. The topological polar surface area (TPSA) is 71.4 Å². The minimum absolute atomic E-state index is 0.324. The van der Waals surface area contributed by atoms with Gasteiger partial charge in [0.1, 0.15) is 6.10 Å². The van der Waals surface area contributed by atoms with Crippen LogP contribution in [0.5, 0.6) is 5.88 Å². The van der Waals surface area contributed by atoms with Crippen molar-refractivity contribution in [3.05, 3.63) is 40.0 Å². The van der Waals surface area contributed by atoms with Crippen molar-refractivity contribution in [3.8, 4) is 5.88 Å². The lowest BCUT2D eigenvalue weighted by molar-refractivity contribution is 0.201. The fourth-order valence-electron chi connectivity index (χ4n) is 3.13. The van der Waals surface area contributed by atoms with Crippen LogP contribution in [0.3, 0.4) is 0 Å². The molecule has 1 saturated carbocycles. The number of ether oxygens (including phenoxy) is 1. The quantitative estimate of drug-likeness (QED) is 0.536. The maximum absolute atomic E-state index is 5.99. The Balaban J connectivity index is 1.52. The van der Waals surface area contributed by atoms with Crippen molar-refractivity contribution in [1.29, 1.82) is 0 Å². The number of aromatic nitrogens is 2. The molecular formula is C20H29N5OS. The second kappa shape index (κ2) is 10.3. The molecule has 0 radical (unpaired) electrons. The summed E-state index contributed by atoms with van der Waals surface area (Å²) in [6.07, 6.45) is 7.81. The number of nitrogens with one attached hydrogen (secondary N) is 2. The van der Waals surface area contributed by atoms with Gasteiger partial charge in [-0.05, 0) is 51.2 Å². The predicted octanol–water partition coefficient (Wildman–Crippen LogP) is 3.47. The molecule has 0 aromatic carbocycles. The van der Waals surface area contributed by atoms with E-state index in [1.54, 1.807) is 17.5 Å². The molecule has 1 fully saturated rings. The Labute approximate surface area is 165 Å². The van der Waals surface area contributed by atoms with Crippen molar-refractivity contribution in [2.75, 3.05) is 13.1 Å². The van der Waals surface area contributed by atoms with Crippen LogP contribution in [-0.4, -0.2) is 35.1 Å². The second-order valence-corrected chi connectivity index (χ2v) is 7.82. The molecule has 146 valence electrons. The standard InChI is InChI=1S/C20H29N5OS/c1-3-21-20(23-11-9-17-14-27-15(2)25-17)24-13-16-8-10-22-19(12-16)26-18-6-4-5-7-18/h8,10,12,14,18H,3-7,9,11,13H2,1-2H3,(H2,21,23,24). The van der Waals surface area contributed by atoms with Crippen LogP contribution in [-0.2, 0) is 13.0 Å². The van der Waals surface area contributed by atoms with E-state index >= 15 is 0 Å². The Morgan fingerprint density at radius 3 is 2.93 bits per heavy atom.